The van der Waals surface area contributed by atoms with Crippen LogP contribution in [-0.2, 0) is 13.6 Å². The van der Waals surface area contributed by atoms with Crippen molar-refractivity contribution < 1.29 is 9.90 Å². The third-order valence-electron chi connectivity index (χ3n) is 3.59. The Kier molecular flexibility index (Phi) is 5.55. The smallest absolute Gasteiger partial charge is 0.317 e. The van der Waals surface area contributed by atoms with Crippen LogP contribution in [0.15, 0.2) is 42.7 Å². The number of benzene rings is 1. The molecule has 0 spiro atoms. The van der Waals surface area contributed by atoms with E-state index in [-0.39, 0.29) is 6.03 Å². The zero-order valence-corrected chi connectivity index (χ0v) is 12.9. The van der Waals surface area contributed by atoms with Gasteiger partial charge in [0.25, 0.3) is 0 Å². The molecule has 0 radical (unpaired) electrons. The molecule has 2 amide bonds. The van der Waals surface area contributed by atoms with Gasteiger partial charge in [-0.1, -0.05) is 30.3 Å². The van der Waals surface area contributed by atoms with Gasteiger partial charge < -0.3 is 19.9 Å². The van der Waals surface area contributed by atoms with Crippen molar-refractivity contribution in [2.24, 2.45) is 7.05 Å². The number of amides is 2. The van der Waals surface area contributed by atoms with Crippen molar-refractivity contribution in [3.8, 4) is 0 Å². The number of imidazole rings is 1. The number of aliphatic hydroxyl groups excluding tert-OH is 1. The van der Waals surface area contributed by atoms with Gasteiger partial charge in [0.05, 0.1) is 12.6 Å². The summed E-state index contributed by atoms with van der Waals surface area (Å²) >= 11 is 0. The van der Waals surface area contributed by atoms with Crippen molar-refractivity contribution in [1.29, 1.82) is 0 Å². The number of hydrogen-bond acceptors (Lipinski definition) is 3. The fraction of sp³-hybridized carbons (Fsp3) is 0.375. The van der Waals surface area contributed by atoms with Crippen LogP contribution in [0.5, 0.6) is 0 Å². The van der Waals surface area contributed by atoms with Crippen LogP contribution in [-0.4, -0.2) is 39.2 Å². The van der Waals surface area contributed by atoms with E-state index in [0.29, 0.717) is 19.5 Å². The van der Waals surface area contributed by atoms with Gasteiger partial charge in [0.2, 0.25) is 0 Å². The molecule has 1 aromatic heterocycles. The molecular formula is C16H22N4O2. The van der Waals surface area contributed by atoms with Crippen molar-refractivity contribution in [1.82, 2.24) is 19.8 Å². The lowest BCUT2D eigenvalue weighted by Crippen LogP contribution is -2.38. The first kappa shape index (κ1) is 16.0. The van der Waals surface area contributed by atoms with Crippen LogP contribution in [0.25, 0.3) is 0 Å². The maximum atomic E-state index is 12.0. The summed E-state index contributed by atoms with van der Waals surface area (Å²) in [5.41, 5.74) is 0.865. The predicted octanol–water partition coefficient (Wildman–Crippen LogP) is 1.69. The summed E-state index contributed by atoms with van der Waals surface area (Å²) in [4.78, 5) is 17.7. The zero-order chi connectivity index (χ0) is 15.9. The van der Waals surface area contributed by atoms with Gasteiger partial charge >= 0.3 is 6.03 Å². The SMILES string of the molecule is CN(CC[C@H](O)c1ccccc1)C(=O)NCc1nccn1C. The van der Waals surface area contributed by atoms with Crippen molar-refractivity contribution in [3.05, 3.63) is 54.1 Å². The highest BCUT2D eigenvalue weighted by atomic mass is 16.3. The second-order valence-electron chi connectivity index (χ2n) is 5.25. The van der Waals surface area contributed by atoms with Crippen molar-refractivity contribution in [2.75, 3.05) is 13.6 Å². The first-order valence-corrected chi connectivity index (χ1v) is 7.26. The minimum absolute atomic E-state index is 0.178. The largest absolute Gasteiger partial charge is 0.388 e. The number of hydrogen-bond donors (Lipinski definition) is 2. The van der Waals surface area contributed by atoms with E-state index in [1.54, 1.807) is 18.1 Å². The molecule has 0 saturated heterocycles. The first-order valence-electron chi connectivity index (χ1n) is 7.26. The third-order valence-corrected chi connectivity index (χ3v) is 3.59. The summed E-state index contributed by atoms with van der Waals surface area (Å²) in [5.74, 6) is 0.797. The molecule has 0 unspecified atom stereocenters. The van der Waals surface area contributed by atoms with Gasteiger partial charge in [-0.3, -0.25) is 0 Å². The van der Waals surface area contributed by atoms with Gasteiger partial charge in [0.15, 0.2) is 0 Å². The summed E-state index contributed by atoms with van der Waals surface area (Å²) < 4.78 is 1.86. The molecule has 118 valence electrons. The summed E-state index contributed by atoms with van der Waals surface area (Å²) in [6.45, 7) is 0.858. The van der Waals surface area contributed by atoms with Gasteiger partial charge in [-0.05, 0) is 12.0 Å². The summed E-state index contributed by atoms with van der Waals surface area (Å²) in [6, 6.07) is 9.28. The normalized spacial score (nSPS) is 12.0. The monoisotopic (exact) mass is 302 g/mol. The molecule has 0 saturated carbocycles. The van der Waals surface area contributed by atoms with Crippen LogP contribution in [0.3, 0.4) is 0 Å². The molecular weight excluding hydrogens is 280 g/mol. The van der Waals surface area contributed by atoms with E-state index in [0.717, 1.165) is 11.4 Å². The lowest BCUT2D eigenvalue weighted by Gasteiger charge is -2.20. The highest BCUT2D eigenvalue weighted by molar-refractivity contribution is 5.73. The van der Waals surface area contributed by atoms with Crippen molar-refractivity contribution in [2.45, 2.75) is 19.1 Å². The van der Waals surface area contributed by atoms with Crippen LogP contribution >= 0.6 is 0 Å². The van der Waals surface area contributed by atoms with Crippen LogP contribution < -0.4 is 5.32 Å². The highest BCUT2D eigenvalue weighted by Gasteiger charge is 2.12. The average molecular weight is 302 g/mol. The van der Waals surface area contributed by atoms with Gasteiger partial charge in [0.1, 0.15) is 5.82 Å². The predicted molar refractivity (Wildman–Crippen MR) is 84.1 cm³/mol. The van der Waals surface area contributed by atoms with Crippen LogP contribution in [0.1, 0.15) is 23.9 Å². The number of carbonyl (C=O) groups is 1. The van der Waals surface area contributed by atoms with Crippen LogP contribution in [0, 0.1) is 0 Å². The Balaban J connectivity index is 1.75. The second-order valence-corrected chi connectivity index (χ2v) is 5.25. The number of urea groups is 1. The van der Waals surface area contributed by atoms with E-state index in [4.69, 9.17) is 0 Å². The molecule has 1 heterocycles. The van der Waals surface area contributed by atoms with E-state index in [2.05, 4.69) is 10.3 Å². The van der Waals surface area contributed by atoms with Crippen molar-refractivity contribution in [3.63, 3.8) is 0 Å². The molecule has 0 aliphatic heterocycles. The van der Waals surface area contributed by atoms with Gasteiger partial charge in [-0.25, -0.2) is 9.78 Å². The number of aryl methyl sites for hydroxylation is 1. The standard InChI is InChI=1S/C16H22N4O2/c1-19-11-9-17-15(19)12-18-16(22)20(2)10-8-14(21)13-6-4-3-5-7-13/h3-7,9,11,14,21H,8,10,12H2,1-2H3,(H,18,22)/t14-/m0/s1. The van der Waals surface area contributed by atoms with Gasteiger partial charge in [0, 0.05) is 33.0 Å². The van der Waals surface area contributed by atoms with Crippen LogP contribution in [0.4, 0.5) is 4.79 Å². The second kappa shape index (κ2) is 7.61. The van der Waals surface area contributed by atoms with Crippen LogP contribution in [0.2, 0.25) is 0 Å². The number of aliphatic hydroxyl groups is 1. The van der Waals surface area contributed by atoms with Crippen molar-refractivity contribution >= 4 is 6.03 Å². The minimum atomic E-state index is -0.564. The van der Waals surface area contributed by atoms with E-state index >= 15 is 0 Å². The molecule has 1 aromatic carbocycles. The first-order chi connectivity index (χ1) is 10.6. The quantitative estimate of drug-likeness (QED) is 0.853. The molecule has 22 heavy (non-hydrogen) atoms. The molecule has 2 aromatic rings. The molecule has 0 fully saturated rings. The summed E-state index contributed by atoms with van der Waals surface area (Å²) in [7, 11) is 3.60. The van der Waals surface area contributed by atoms with E-state index in [1.807, 2.05) is 48.1 Å². The Morgan fingerprint density at radius 2 is 2.14 bits per heavy atom. The topological polar surface area (TPSA) is 70.4 Å². The Hall–Kier alpha value is -2.34. The fourth-order valence-electron chi connectivity index (χ4n) is 2.12. The Morgan fingerprint density at radius 1 is 1.41 bits per heavy atom. The Labute approximate surface area is 130 Å². The Bertz CT molecular complexity index is 597. The molecule has 6 heteroatoms. The number of nitrogens with zero attached hydrogens (tertiary/aromatic N) is 3. The maximum Gasteiger partial charge on any atom is 0.317 e. The number of rotatable bonds is 6. The molecule has 1 atom stereocenters. The molecule has 0 aliphatic carbocycles. The average Bonchev–Trinajstić information content (AvgIpc) is 2.95. The van der Waals surface area contributed by atoms with E-state index in [9.17, 15) is 9.90 Å². The van der Waals surface area contributed by atoms with E-state index < -0.39 is 6.10 Å². The molecule has 0 bridgehead atoms. The van der Waals surface area contributed by atoms with Gasteiger partial charge in [-0.2, -0.15) is 0 Å². The summed E-state index contributed by atoms with van der Waals surface area (Å²) in [5, 5.41) is 12.9. The molecule has 2 N–H and O–H groups in total. The third kappa shape index (κ3) is 4.33. The molecule has 0 aliphatic rings. The Morgan fingerprint density at radius 3 is 2.77 bits per heavy atom. The minimum Gasteiger partial charge on any atom is -0.388 e. The number of carbonyl (C=O) groups excluding carboxylic acids is 1. The fourth-order valence-corrected chi connectivity index (χ4v) is 2.12. The van der Waals surface area contributed by atoms with Gasteiger partial charge in [-0.15, -0.1) is 0 Å². The number of aromatic nitrogens is 2. The lowest BCUT2D eigenvalue weighted by atomic mass is 10.1. The number of nitrogens with one attached hydrogen (secondary N) is 1. The van der Waals surface area contributed by atoms with E-state index in [1.165, 1.54) is 0 Å². The maximum absolute atomic E-state index is 12.0. The molecule has 2 rings (SSSR count). The molecule has 6 nitrogen and oxygen atoms in total. The zero-order valence-electron chi connectivity index (χ0n) is 12.9. The summed E-state index contributed by atoms with van der Waals surface area (Å²) in [6.07, 6.45) is 3.46. The lowest BCUT2D eigenvalue weighted by molar-refractivity contribution is 0.150. The highest BCUT2D eigenvalue weighted by Crippen LogP contribution is 2.15.